The van der Waals surface area contributed by atoms with Crippen LogP contribution in [0.3, 0.4) is 0 Å². The van der Waals surface area contributed by atoms with Crippen molar-refractivity contribution in [3.63, 3.8) is 0 Å². The second-order valence-electron chi connectivity index (χ2n) is 5.78. The first kappa shape index (κ1) is 18.2. The summed E-state index contributed by atoms with van der Waals surface area (Å²) in [5.74, 6) is 0.0719. The van der Waals surface area contributed by atoms with Crippen molar-refractivity contribution < 1.29 is 4.79 Å². The molecule has 0 atom stereocenters. The summed E-state index contributed by atoms with van der Waals surface area (Å²) in [6.07, 6.45) is 2.92. The molecule has 0 bridgehead atoms. The lowest BCUT2D eigenvalue weighted by Crippen LogP contribution is -2.14. The molecule has 0 aliphatic carbocycles. The average molecular weight is 387 g/mol. The lowest BCUT2D eigenvalue weighted by molar-refractivity contribution is 0.102. The maximum Gasteiger partial charge on any atom is 0.258 e. The molecule has 1 aromatic heterocycles. The van der Waals surface area contributed by atoms with E-state index in [1.54, 1.807) is 18.2 Å². The highest BCUT2D eigenvalue weighted by Crippen LogP contribution is 2.24. The van der Waals surface area contributed by atoms with Crippen molar-refractivity contribution in [2.24, 2.45) is 0 Å². The maximum absolute atomic E-state index is 12.4. The fourth-order valence-electron chi connectivity index (χ4n) is 2.35. The van der Waals surface area contributed by atoms with E-state index in [0.29, 0.717) is 27.2 Å². The first-order valence-electron chi connectivity index (χ1n) is 7.85. The number of halogens is 2. The molecule has 0 saturated heterocycles. The number of hydrogen-bond donors (Lipinski definition) is 2. The minimum Gasteiger partial charge on any atom is -0.324 e. The fourth-order valence-corrected chi connectivity index (χ4v) is 2.87. The van der Waals surface area contributed by atoms with Crippen LogP contribution in [0.25, 0.3) is 0 Å². The normalized spacial score (nSPS) is 10.5. The summed E-state index contributed by atoms with van der Waals surface area (Å²) in [7, 11) is 0. The predicted octanol–water partition coefficient (Wildman–Crippen LogP) is 5.40. The number of anilines is 3. The van der Waals surface area contributed by atoms with Gasteiger partial charge in [-0.1, -0.05) is 35.3 Å². The average Bonchev–Trinajstić information content (AvgIpc) is 2.58. The molecule has 2 N–H and O–H groups in total. The van der Waals surface area contributed by atoms with Gasteiger partial charge in [0.05, 0.1) is 5.56 Å². The van der Waals surface area contributed by atoms with Gasteiger partial charge in [0.25, 0.3) is 5.91 Å². The molecule has 3 rings (SSSR count). The molecule has 5 nitrogen and oxygen atoms in total. The Kier molecular flexibility index (Phi) is 5.40. The van der Waals surface area contributed by atoms with E-state index in [9.17, 15) is 4.79 Å². The molecule has 7 heteroatoms. The molecule has 0 fully saturated rings. The van der Waals surface area contributed by atoms with E-state index < -0.39 is 0 Å². The fraction of sp³-hybridized carbons (Fsp3) is 0.105. The largest absolute Gasteiger partial charge is 0.324 e. The molecule has 2 aromatic carbocycles. The topological polar surface area (TPSA) is 66.9 Å². The summed E-state index contributed by atoms with van der Waals surface area (Å²) in [4.78, 5) is 20.7. The van der Waals surface area contributed by atoms with Gasteiger partial charge in [-0.05, 0) is 49.2 Å². The van der Waals surface area contributed by atoms with Gasteiger partial charge in [0.2, 0.25) is 5.95 Å². The van der Waals surface area contributed by atoms with Crippen LogP contribution in [0, 0.1) is 13.8 Å². The maximum atomic E-state index is 12.4. The SMILES string of the molecule is Cc1cccc(NC(=O)c2cnc(Nc3cc(Cl)cc(Cl)c3)nc2)c1C. The molecule has 0 aliphatic heterocycles. The third kappa shape index (κ3) is 4.31. The van der Waals surface area contributed by atoms with Crippen molar-refractivity contribution >= 4 is 46.4 Å². The van der Waals surface area contributed by atoms with Gasteiger partial charge in [-0.15, -0.1) is 0 Å². The lowest BCUT2D eigenvalue weighted by atomic mass is 10.1. The second kappa shape index (κ2) is 7.72. The third-order valence-electron chi connectivity index (χ3n) is 3.89. The number of carbonyl (C=O) groups excluding carboxylic acids is 1. The number of aryl methyl sites for hydroxylation is 1. The summed E-state index contributed by atoms with van der Waals surface area (Å²) < 4.78 is 0. The number of rotatable bonds is 4. The highest BCUT2D eigenvalue weighted by atomic mass is 35.5. The van der Waals surface area contributed by atoms with Gasteiger partial charge < -0.3 is 10.6 Å². The van der Waals surface area contributed by atoms with Crippen molar-refractivity contribution in [3.05, 3.63) is 75.5 Å². The van der Waals surface area contributed by atoms with E-state index >= 15 is 0 Å². The van der Waals surface area contributed by atoms with E-state index in [0.717, 1.165) is 16.8 Å². The Labute approximate surface area is 161 Å². The van der Waals surface area contributed by atoms with Crippen LogP contribution in [0.1, 0.15) is 21.5 Å². The standard InChI is InChI=1S/C19H16Cl2N4O/c1-11-4-3-5-17(12(11)2)25-18(26)13-9-22-19(23-10-13)24-16-7-14(20)6-15(21)8-16/h3-10H,1-2H3,(H,25,26)(H,22,23,24). The molecular weight excluding hydrogens is 371 g/mol. The van der Waals surface area contributed by atoms with Gasteiger partial charge in [0, 0.05) is 33.8 Å². The van der Waals surface area contributed by atoms with Crippen molar-refractivity contribution in [1.82, 2.24) is 9.97 Å². The predicted molar refractivity (Wildman–Crippen MR) is 106 cm³/mol. The zero-order valence-electron chi connectivity index (χ0n) is 14.2. The summed E-state index contributed by atoms with van der Waals surface area (Å²) in [5, 5.41) is 6.88. The van der Waals surface area contributed by atoms with Crippen LogP contribution in [0.4, 0.5) is 17.3 Å². The van der Waals surface area contributed by atoms with Gasteiger partial charge >= 0.3 is 0 Å². The van der Waals surface area contributed by atoms with E-state index in [1.165, 1.54) is 12.4 Å². The number of benzene rings is 2. The number of carbonyl (C=O) groups is 1. The molecule has 3 aromatic rings. The van der Waals surface area contributed by atoms with Crippen molar-refractivity contribution in [2.75, 3.05) is 10.6 Å². The Morgan fingerprint density at radius 2 is 1.65 bits per heavy atom. The van der Waals surface area contributed by atoms with Crippen molar-refractivity contribution in [2.45, 2.75) is 13.8 Å². The van der Waals surface area contributed by atoms with Crippen LogP contribution in [-0.4, -0.2) is 15.9 Å². The summed E-state index contributed by atoms with van der Waals surface area (Å²) in [6, 6.07) is 10.8. The molecule has 0 aliphatic rings. The number of amides is 1. The Hall–Kier alpha value is -2.63. The molecule has 0 spiro atoms. The molecule has 0 unspecified atom stereocenters. The minimum absolute atomic E-state index is 0.268. The van der Waals surface area contributed by atoms with Gasteiger partial charge in [-0.2, -0.15) is 0 Å². The van der Waals surface area contributed by atoms with E-state index in [-0.39, 0.29) is 5.91 Å². The Balaban J connectivity index is 1.72. The number of aromatic nitrogens is 2. The van der Waals surface area contributed by atoms with Crippen molar-refractivity contribution in [1.29, 1.82) is 0 Å². The van der Waals surface area contributed by atoms with E-state index in [2.05, 4.69) is 20.6 Å². The van der Waals surface area contributed by atoms with E-state index in [4.69, 9.17) is 23.2 Å². The molecule has 26 heavy (non-hydrogen) atoms. The minimum atomic E-state index is -0.268. The van der Waals surface area contributed by atoms with Crippen LogP contribution in [0.15, 0.2) is 48.8 Å². The summed E-state index contributed by atoms with van der Waals surface area (Å²) >= 11 is 11.9. The first-order chi connectivity index (χ1) is 12.4. The van der Waals surface area contributed by atoms with Gasteiger partial charge in [0.1, 0.15) is 0 Å². The molecule has 0 saturated carbocycles. The van der Waals surface area contributed by atoms with Crippen LogP contribution < -0.4 is 10.6 Å². The molecular formula is C19H16Cl2N4O. The Morgan fingerprint density at radius 3 is 2.31 bits per heavy atom. The van der Waals surface area contributed by atoms with Gasteiger partial charge in [-0.25, -0.2) is 9.97 Å². The van der Waals surface area contributed by atoms with Crippen LogP contribution in [-0.2, 0) is 0 Å². The van der Waals surface area contributed by atoms with Crippen molar-refractivity contribution in [3.8, 4) is 0 Å². The zero-order valence-corrected chi connectivity index (χ0v) is 15.7. The van der Waals surface area contributed by atoms with E-state index in [1.807, 2.05) is 32.0 Å². The highest BCUT2D eigenvalue weighted by Gasteiger charge is 2.10. The summed E-state index contributed by atoms with van der Waals surface area (Å²) in [6.45, 7) is 3.96. The van der Waals surface area contributed by atoms with Crippen LogP contribution in [0.5, 0.6) is 0 Å². The summed E-state index contributed by atoms with van der Waals surface area (Å²) in [5.41, 5.74) is 3.93. The lowest BCUT2D eigenvalue weighted by Gasteiger charge is -2.10. The molecule has 1 heterocycles. The molecule has 132 valence electrons. The number of nitrogens with one attached hydrogen (secondary N) is 2. The second-order valence-corrected chi connectivity index (χ2v) is 6.65. The van der Waals surface area contributed by atoms with Crippen LogP contribution in [0.2, 0.25) is 10.0 Å². The molecule has 1 amide bonds. The molecule has 0 radical (unpaired) electrons. The quantitative estimate of drug-likeness (QED) is 0.629. The third-order valence-corrected chi connectivity index (χ3v) is 4.32. The van der Waals surface area contributed by atoms with Crippen LogP contribution >= 0.6 is 23.2 Å². The number of nitrogens with zero attached hydrogens (tertiary/aromatic N) is 2. The van der Waals surface area contributed by atoms with Gasteiger partial charge in [0.15, 0.2) is 0 Å². The Bertz CT molecular complexity index is 938. The van der Waals surface area contributed by atoms with Gasteiger partial charge in [-0.3, -0.25) is 4.79 Å². The Morgan fingerprint density at radius 1 is 1.00 bits per heavy atom. The smallest absolute Gasteiger partial charge is 0.258 e. The highest BCUT2D eigenvalue weighted by molar-refractivity contribution is 6.35. The first-order valence-corrected chi connectivity index (χ1v) is 8.61. The number of hydrogen-bond acceptors (Lipinski definition) is 4. The zero-order chi connectivity index (χ0) is 18.7. The monoisotopic (exact) mass is 386 g/mol.